The van der Waals surface area contributed by atoms with E-state index in [2.05, 4.69) is 10.1 Å². The van der Waals surface area contributed by atoms with E-state index in [1.54, 1.807) is 6.92 Å². The van der Waals surface area contributed by atoms with E-state index in [9.17, 15) is 22.4 Å². The van der Waals surface area contributed by atoms with Gasteiger partial charge in [-0.25, -0.2) is 9.18 Å². The van der Waals surface area contributed by atoms with Gasteiger partial charge in [-0.1, -0.05) is 6.07 Å². The molecule has 1 atom stereocenters. The number of rotatable bonds is 4. The molecule has 0 radical (unpaired) electrons. The first-order valence-corrected chi connectivity index (χ1v) is 5.79. The summed E-state index contributed by atoms with van der Waals surface area (Å²) in [4.78, 5) is 11.3. The maximum absolute atomic E-state index is 13.0. The SMILES string of the molecule is CCOC(=O)NC(CN)c1ccc(F)cc1C(F)(F)F. The minimum absolute atomic E-state index is 0.0681. The van der Waals surface area contributed by atoms with Crippen LogP contribution in [0, 0.1) is 5.82 Å². The number of carbonyl (C=O) groups excluding carboxylic acids is 1. The Kier molecular flexibility index (Phi) is 5.32. The molecule has 3 N–H and O–H groups in total. The second kappa shape index (κ2) is 6.56. The first kappa shape index (κ1) is 16.2. The van der Waals surface area contributed by atoms with Gasteiger partial charge >= 0.3 is 12.3 Å². The molecule has 1 aromatic carbocycles. The van der Waals surface area contributed by atoms with Crippen LogP contribution in [0.2, 0.25) is 0 Å². The fourth-order valence-corrected chi connectivity index (χ4v) is 1.66. The zero-order valence-electron chi connectivity index (χ0n) is 10.6. The number of ether oxygens (including phenoxy) is 1. The van der Waals surface area contributed by atoms with Crippen LogP contribution in [0.15, 0.2) is 18.2 Å². The molecule has 0 spiro atoms. The van der Waals surface area contributed by atoms with Crippen LogP contribution in [-0.4, -0.2) is 19.2 Å². The fraction of sp³-hybridized carbons (Fsp3) is 0.417. The summed E-state index contributed by atoms with van der Waals surface area (Å²) < 4.78 is 56.1. The lowest BCUT2D eigenvalue weighted by atomic mass is 9.99. The Morgan fingerprint density at radius 1 is 1.45 bits per heavy atom. The van der Waals surface area contributed by atoms with Crippen LogP contribution in [0.3, 0.4) is 0 Å². The standard InChI is InChI=1S/C12H14F4N2O2/c1-2-20-11(19)18-10(6-17)8-4-3-7(13)5-9(8)12(14,15)16/h3-5,10H,2,6,17H2,1H3,(H,18,19). The molecule has 1 aromatic rings. The maximum Gasteiger partial charge on any atom is 0.416 e. The molecular formula is C12H14F4N2O2. The third-order valence-electron chi connectivity index (χ3n) is 2.50. The number of alkyl halides is 3. The van der Waals surface area contributed by atoms with Gasteiger partial charge in [-0.2, -0.15) is 13.2 Å². The number of benzene rings is 1. The fourth-order valence-electron chi connectivity index (χ4n) is 1.66. The van der Waals surface area contributed by atoms with Crippen LogP contribution in [-0.2, 0) is 10.9 Å². The van der Waals surface area contributed by atoms with Crippen molar-refractivity contribution in [2.45, 2.75) is 19.1 Å². The summed E-state index contributed by atoms with van der Waals surface area (Å²) in [7, 11) is 0. The van der Waals surface area contributed by atoms with Crippen LogP contribution in [0.25, 0.3) is 0 Å². The minimum atomic E-state index is -4.75. The van der Waals surface area contributed by atoms with E-state index in [1.165, 1.54) is 0 Å². The maximum atomic E-state index is 13.0. The topological polar surface area (TPSA) is 64.3 Å². The number of amides is 1. The van der Waals surface area contributed by atoms with E-state index in [0.29, 0.717) is 6.07 Å². The van der Waals surface area contributed by atoms with E-state index in [1.807, 2.05) is 0 Å². The van der Waals surface area contributed by atoms with E-state index >= 15 is 0 Å². The lowest BCUT2D eigenvalue weighted by Crippen LogP contribution is -2.35. The molecule has 4 nitrogen and oxygen atoms in total. The molecule has 0 aliphatic heterocycles. The van der Waals surface area contributed by atoms with Gasteiger partial charge < -0.3 is 15.8 Å². The Bertz CT molecular complexity index is 477. The van der Waals surface area contributed by atoms with Crippen LogP contribution in [0.1, 0.15) is 24.1 Å². The highest BCUT2D eigenvalue weighted by Crippen LogP contribution is 2.35. The molecule has 8 heteroatoms. The van der Waals surface area contributed by atoms with Gasteiger partial charge in [0.1, 0.15) is 5.82 Å². The van der Waals surface area contributed by atoms with Gasteiger partial charge in [0, 0.05) is 6.54 Å². The molecule has 0 fully saturated rings. The van der Waals surface area contributed by atoms with Gasteiger partial charge in [-0.05, 0) is 24.6 Å². The molecule has 0 aliphatic rings. The van der Waals surface area contributed by atoms with E-state index < -0.39 is 29.7 Å². The Balaban J connectivity index is 3.12. The van der Waals surface area contributed by atoms with E-state index in [4.69, 9.17) is 5.73 Å². The molecule has 1 amide bonds. The monoisotopic (exact) mass is 294 g/mol. The molecular weight excluding hydrogens is 280 g/mol. The Hall–Kier alpha value is -1.83. The second-order valence-corrected chi connectivity index (χ2v) is 3.88. The van der Waals surface area contributed by atoms with Crippen LogP contribution in [0.5, 0.6) is 0 Å². The third kappa shape index (κ3) is 4.09. The molecule has 1 unspecified atom stereocenters. The average molecular weight is 294 g/mol. The molecule has 0 aromatic heterocycles. The average Bonchev–Trinajstić information content (AvgIpc) is 2.35. The molecule has 1 rings (SSSR count). The van der Waals surface area contributed by atoms with Crippen molar-refractivity contribution in [3.05, 3.63) is 35.1 Å². The molecule has 0 bridgehead atoms. The van der Waals surface area contributed by atoms with Crippen molar-refractivity contribution in [1.82, 2.24) is 5.32 Å². The number of carbonyl (C=O) groups is 1. The van der Waals surface area contributed by atoms with Crippen molar-refractivity contribution in [1.29, 1.82) is 0 Å². The zero-order valence-corrected chi connectivity index (χ0v) is 10.6. The number of nitrogens with two attached hydrogens (primary N) is 1. The summed E-state index contributed by atoms with van der Waals surface area (Å²) in [6.45, 7) is 1.34. The third-order valence-corrected chi connectivity index (χ3v) is 2.50. The number of halogens is 4. The van der Waals surface area contributed by atoms with Gasteiger partial charge in [0.05, 0.1) is 18.2 Å². The number of nitrogens with one attached hydrogen (secondary N) is 1. The van der Waals surface area contributed by atoms with Crippen molar-refractivity contribution < 1.29 is 27.1 Å². The summed E-state index contributed by atoms with van der Waals surface area (Å²) in [6, 6.07) is 1.07. The summed E-state index contributed by atoms with van der Waals surface area (Å²) in [5, 5.41) is 2.21. The highest BCUT2D eigenvalue weighted by atomic mass is 19.4. The van der Waals surface area contributed by atoms with Crippen LogP contribution < -0.4 is 11.1 Å². The van der Waals surface area contributed by atoms with Crippen molar-refractivity contribution >= 4 is 6.09 Å². The van der Waals surface area contributed by atoms with Crippen molar-refractivity contribution in [2.24, 2.45) is 5.73 Å². The highest BCUT2D eigenvalue weighted by molar-refractivity contribution is 5.68. The predicted octanol–water partition coefficient (Wildman–Crippen LogP) is 2.59. The quantitative estimate of drug-likeness (QED) is 0.839. The Morgan fingerprint density at radius 3 is 2.60 bits per heavy atom. The molecule has 0 heterocycles. The molecule has 20 heavy (non-hydrogen) atoms. The van der Waals surface area contributed by atoms with Crippen LogP contribution in [0.4, 0.5) is 22.4 Å². The zero-order chi connectivity index (χ0) is 15.3. The van der Waals surface area contributed by atoms with E-state index in [0.717, 1.165) is 12.1 Å². The molecule has 0 saturated carbocycles. The van der Waals surface area contributed by atoms with Gasteiger partial charge in [0.2, 0.25) is 0 Å². The highest BCUT2D eigenvalue weighted by Gasteiger charge is 2.35. The minimum Gasteiger partial charge on any atom is -0.450 e. The normalized spacial score (nSPS) is 12.9. The molecule has 0 saturated heterocycles. The molecule has 0 aliphatic carbocycles. The summed E-state index contributed by atoms with van der Waals surface area (Å²) in [5.74, 6) is -1.02. The number of hydrogen-bond acceptors (Lipinski definition) is 3. The molecule has 112 valence electrons. The summed E-state index contributed by atoms with van der Waals surface area (Å²) in [5.41, 5.74) is 3.88. The first-order valence-electron chi connectivity index (χ1n) is 5.79. The van der Waals surface area contributed by atoms with Gasteiger partial charge in [-0.15, -0.1) is 0 Å². The smallest absolute Gasteiger partial charge is 0.416 e. The number of alkyl carbamates (subject to hydrolysis) is 1. The largest absolute Gasteiger partial charge is 0.450 e. The van der Waals surface area contributed by atoms with Crippen molar-refractivity contribution in [2.75, 3.05) is 13.2 Å². The Labute approximate surface area is 112 Å². The van der Waals surface area contributed by atoms with Crippen molar-refractivity contribution in [3.8, 4) is 0 Å². The van der Waals surface area contributed by atoms with Gasteiger partial charge in [-0.3, -0.25) is 0 Å². The Morgan fingerprint density at radius 2 is 2.10 bits per heavy atom. The number of hydrogen-bond donors (Lipinski definition) is 2. The van der Waals surface area contributed by atoms with Gasteiger partial charge in [0.15, 0.2) is 0 Å². The first-order chi connectivity index (χ1) is 9.29. The summed E-state index contributed by atoms with van der Waals surface area (Å²) in [6.07, 6.45) is -5.64. The van der Waals surface area contributed by atoms with E-state index in [-0.39, 0.29) is 18.7 Å². The second-order valence-electron chi connectivity index (χ2n) is 3.88. The summed E-state index contributed by atoms with van der Waals surface area (Å²) >= 11 is 0. The van der Waals surface area contributed by atoms with Crippen LogP contribution >= 0.6 is 0 Å². The van der Waals surface area contributed by atoms with Gasteiger partial charge in [0.25, 0.3) is 0 Å². The van der Waals surface area contributed by atoms with Crippen molar-refractivity contribution in [3.63, 3.8) is 0 Å². The lowest BCUT2D eigenvalue weighted by Gasteiger charge is -2.21. The predicted molar refractivity (Wildman–Crippen MR) is 63.4 cm³/mol. The lowest BCUT2D eigenvalue weighted by molar-refractivity contribution is -0.138.